The zero-order valence-electron chi connectivity index (χ0n) is 24.0. The second-order valence-corrected chi connectivity index (χ2v) is 13.8. The predicted octanol–water partition coefficient (Wildman–Crippen LogP) is 7.18. The molecule has 5 rings (SSSR count). The van der Waals surface area contributed by atoms with Crippen molar-refractivity contribution in [2.45, 2.75) is 110 Å². The lowest BCUT2D eigenvalue weighted by Gasteiger charge is -2.62. The molecule has 2 N–H and O–H groups in total. The van der Waals surface area contributed by atoms with Crippen LogP contribution in [0.3, 0.4) is 0 Å². The summed E-state index contributed by atoms with van der Waals surface area (Å²) in [5.74, 6) is 5.13. The number of rotatable bonds is 8. The number of methoxy groups -OCH3 is 2. The molecular formula is C33H52O4. The molecule has 1 unspecified atom stereocenters. The van der Waals surface area contributed by atoms with Crippen LogP contribution in [0.15, 0.2) is 24.3 Å². The fraction of sp³-hybridized carbons (Fsp3) is 0.818. The number of benzene rings is 1. The molecule has 11 atom stereocenters. The highest BCUT2D eigenvalue weighted by molar-refractivity contribution is 5.35. The standard InChI is InChI=1S/C33H52O4/c1-21(9-8-12-30(37-5)23-10-6-7-11-29(23)36-4)24-15-16-25-22-13-14-27-31(35)28(34)18-20-33(27,3)26(22)17-19-32(24,25)2/h6-7,10-11,21-22,24-28,30-31,34-35H,8-9,12-20H2,1-5H3/t21-,22+,24-,25+,26+,27+,28+,30?,31-,32-,33-/m1/s1. The Bertz CT molecular complexity index is 917. The van der Waals surface area contributed by atoms with Gasteiger partial charge in [0.15, 0.2) is 0 Å². The van der Waals surface area contributed by atoms with Gasteiger partial charge in [-0.3, -0.25) is 0 Å². The quantitative estimate of drug-likeness (QED) is 0.387. The van der Waals surface area contributed by atoms with E-state index in [1.54, 1.807) is 7.11 Å². The number of para-hydroxylation sites is 1. The maximum absolute atomic E-state index is 10.9. The third kappa shape index (κ3) is 4.67. The summed E-state index contributed by atoms with van der Waals surface area (Å²) < 4.78 is 11.5. The molecule has 1 aromatic rings. The average molecular weight is 513 g/mol. The Morgan fingerprint density at radius 1 is 0.865 bits per heavy atom. The molecule has 0 radical (unpaired) electrons. The summed E-state index contributed by atoms with van der Waals surface area (Å²) >= 11 is 0. The molecule has 0 amide bonds. The molecule has 4 saturated carbocycles. The minimum absolute atomic E-state index is 0.0889. The summed E-state index contributed by atoms with van der Waals surface area (Å²) in [5.41, 5.74) is 1.83. The van der Waals surface area contributed by atoms with Crippen LogP contribution in [0.25, 0.3) is 0 Å². The molecule has 0 heterocycles. The van der Waals surface area contributed by atoms with Gasteiger partial charge in [-0.2, -0.15) is 0 Å². The van der Waals surface area contributed by atoms with E-state index in [1.807, 2.05) is 19.2 Å². The van der Waals surface area contributed by atoms with Crippen LogP contribution in [-0.4, -0.2) is 36.6 Å². The van der Waals surface area contributed by atoms with E-state index < -0.39 is 12.2 Å². The van der Waals surface area contributed by atoms with Crippen LogP contribution in [0.5, 0.6) is 5.75 Å². The van der Waals surface area contributed by atoms with Gasteiger partial charge >= 0.3 is 0 Å². The summed E-state index contributed by atoms with van der Waals surface area (Å²) in [6.45, 7) is 7.63. The summed E-state index contributed by atoms with van der Waals surface area (Å²) in [5, 5.41) is 21.2. The van der Waals surface area contributed by atoms with Crippen LogP contribution in [0.4, 0.5) is 0 Å². The smallest absolute Gasteiger partial charge is 0.124 e. The topological polar surface area (TPSA) is 58.9 Å². The predicted molar refractivity (Wildman–Crippen MR) is 148 cm³/mol. The van der Waals surface area contributed by atoms with Crippen molar-refractivity contribution < 1.29 is 19.7 Å². The Morgan fingerprint density at radius 3 is 2.32 bits per heavy atom. The molecule has 0 saturated heterocycles. The van der Waals surface area contributed by atoms with Crippen LogP contribution in [0.2, 0.25) is 0 Å². The molecule has 4 nitrogen and oxygen atoms in total. The second-order valence-electron chi connectivity index (χ2n) is 13.8. The maximum atomic E-state index is 10.9. The third-order valence-corrected chi connectivity index (χ3v) is 12.4. The number of hydrogen-bond acceptors (Lipinski definition) is 4. The van der Waals surface area contributed by atoms with Gasteiger partial charge in [-0.1, -0.05) is 51.8 Å². The van der Waals surface area contributed by atoms with Crippen molar-refractivity contribution in [2.75, 3.05) is 14.2 Å². The molecule has 208 valence electrons. The van der Waals surface area contributed by atoms with Crippen molar-refractivity contribution in [3.63, 3.8) is 0 Å². The normalized spacial score (nSPS) is 42.8. The molecule has 0 aliphatic heterocycles. The fourth-order valence-corrected chi connectivity index (χ4v) is 10.4. The Labute approximate surface area is 225 Å². The lowest BCUT2D eigenvalue weighted by molar-refractivity contribution is -0.174. The van der Waals surface area contributed by atoms with E-state index in [2.05, 4.69) is 32.9 Å². The highest BCUT2D eigenvalue weighted by Gasteiger charge is 2.61. The molecule has 4 heteroatoms. The SMILES string of the molecule is COc1ccccc1C(CCC[C@@H](C)[C@H]1CC[C@H]2[C@@H]3CC[C@H]4[C@@H](O)[C@@H](O)CC[C@]4(C)[C@H]3CC[C@]12C)OC. The van der Waals surface area contributed by atoms with Crippen molar-refractivity contribution in [3.05, 3.63) is 29.8 Å². The monoisotopic (exact) mass is 512 g/mol. The van der Waals surface area contributed by atoms with E-state index in [0.29, 0.717) is 5.41 Å². The first kappa shape index (κ1) is 27.5. The lowest BCUT2D eigenvalue weighted by Crippen LogP contribution is -2.58. The molecule has 0 aromatic heterocycles. The number of ether oxygens (including phenoxy) is 2. The molecule has 4 aliphatic rings. The van der Waals surface area contributed by atoms with Gasteiger partial charge in [-0.15, -0.1) is 0 Å². The zero-order valence-corrected chi connectivity index (χ0v) is 24.0. The zero-order chi connectivity index (χ0) is 26.4. The first-order valence-corrected chi connectivity index (χ1v) is 15.3. The lowest BCUT2D eigenvalue weighted by atomic mass is 9.44. The molecule has 37 heavy (non-hydrogen) atoms. The van der Waals surface area contributed by atoms with Crippen LogP contribution >= 0.6 is 0 Å². The Balaban J connectivity index is 1.22. The summed E-state index contributed by atoms with van der Waals surface area (Å²) in [7, 11) is 3.56. The summed E-state index contributed by atoms with van der Waals surface area (Å²) in [6.07, 6.45) is 12.2. The van der Waals surface area contributed by atoms with Crippen molar-refractivity contribution >= 4 is 0 Å². The van der Waals surface area contributed by atoms with E-state index >= 15 is 0 Å². The van der Waals surface area contributed by atoms with Gasteiger partial charge in [-0.05, 0) is 110 Å². The van der Waals surface area contributed by atoms with Gasteiger partial charge in [-0.25, -0.2) is 0 Å². The van der Waals surface area contributed by atoms with Gasteiger partial charge in [0, 0.05) is 12.7 Å². The average Bonchev–Trinajstić information content (AvgIpc) is 3.26. The number of aliphatic hydroxyl groups excluding tert-OH is 2. The van der Waals surface area contributed by atoms with Crippen molar-refractivity contribution in [1.29, 1.82) is 0 Å². The largest absolute Gasteiger partial charge is 0.496 e. The Morgan fingerprint density at radius 2 is 1.57 bits per heavy atom. The summed E-state index contributed by atoms with van der Waals surface area (Å²) in [6, 6.07) is 8.27. The van der Waals surface area contributed by atoms with Crippen molar-refractivity contribution in [2.24, 2.45) is 46.3 Å². The first-order valence-electron chi connectivity index (χ1n) is 15.3. The van der Waals surface area contributed by atoms with Crippen molar-refractivity contribution in [3.8, 4) is 5.75 Å². The van der Waals surface area contributed by atoms with Gasteiger partial charge in [0.1, 0.15) is 5.75 Å². The second kappa shape index (κ2) is 10.8. The van der Waals surface area contributed by atoms with Crippen LogP contribution in [0, 0.1) is 46.3 Å². The minimum Gasteiger partial charge on any atom is -0.496 e. The van der Waals surface area contributed by atoms with E-state index in [0.717, 1.165) is 66.6 Å². The fourth-order valence-electron chi connectivity index (χ4n) is 10.4. The number of fused-ring (bicyclic) bond motifs is 5. The summed E-state index contributed by atoms with van der Waals surface area (Å²) in [4.78, 5) is 0. The Hall–Kier alpha value is -1.10. The maximum Gasteiger partial charge on any atom is 0.124 e. The van der Waals surface area contributed by atoms with E-state index in [-0.39, 0.29) is 17.4 Å². The third-order valence-electron chi connectivity index (χ3n) is 12.4. The first-order chi connectivity index (χ1) is 17.7. The van der Waals surface area contributed by atoms with Gasteiger partial charge < -0.3 is 19.7 Å². The van der Waals surface area contributed by atoms with E-state index in [1.165, 1.54) is 44.9 Å². The molecule has 4 aliphatic carbocycles. The molecule has 0 spiro atoms. The minimum atomic E-state index is -0.517. The van der Waals surface area contributed by atoms with Crippen LogP contribution in [0.1, 0.15) is 103 Å². The van der Waals surface area contributed by atoms with Crippen LogP contribution in [-0.2, 0) is 4.74 Å². The highest BCUT2D eigenvalue weighted by atomic mass is 16.5. The Kier molecular flexibility index (Phi) is 8.03. The van der Waals surface area contributed by atoms with E-state index in [9.17, 15) is 10.2 Å². The van der Waals surface area contributed by atoms with Gasteiger partial charge in [0.2, 0.25) is 0 Å². The number of hydrogen-bond donors (Lipinski definition) is 2. The van der Waals surface area contributed by atoms with Gasteiger partial charge in [0.05, 0.1) is 25.4 Å². The number of aliphatic hydroxyl groups is 2. The molecular weight excluding hydrogens is 460 g/mol. The van der Waals surface area contributed by atoms with Gasteiger partial charge in [0.25, 0.3) is 0 Å². The van der Waals surface area contributed by atoms with Crippen molar-refractivity contribution in [1.82, 2.24) is 0 Å². The van der Waals surface area contributed by atoms with E-state index in [4.69, 9.17) is 9.47 Å². The molecule has 0 bridgehead atoms. The van der Waals surface area contributed by atoms with Crippen LogP contribution < -0.4 is 4.74 Å². The molecule has 1 aromatic carbocycles. The highest BCUT2D eigenvalue weighted by Crippen LogP contribution is 2.68. The molecule has 4 fully saturated rings.